The lowest BCUT2D eigenvalue weighted by atomic mass is 10.2. The molecule has 0 saturated carbocycles. The van der Waals surface area contributed by atoms with Crippen molar-refractivity contribution in [3.05, 3.63) is 63.7 Å². The molecule has 1 N–H and O–H groups in total. The number of amides is 1. The number of aromatic nitrogens is 2. The number of halogens is 1. The fraction of sp³-hybridized carbons (Fsp3) is 0.188. The Bertz CT molecular complexity index is 869. The molecule has 1 aromatic carbocycles. The van der Waals surface area contributed by atoms with Gasteiger partial charge in [0.1, 0.15) is 5.82 Å². The van der Waals surface area contributed by atoms with Gasteiger partial charge >= 0.3 is 5.76 Å². The maximum absolute atomic E-state index is 12.8. The van der Waals surface area contributed by atoms with E-state index < -0.39 is 5.76 Å². The molecule has 0 spiro atoms. The third-order valence-electron chi connectivity index (χ3n) is 3.29. The van der Waals surface area contributed by atoms with Crippen LogP contribution in [-0.2, 0) is 17.9 Å². The molecule has 3 aromatic rings. The normalized spacial score (nSPS) is 10.7. The maximum Gasteiger partial charge on any atom is 0.437 e. The van der Waals surface area contributed by atoms with Crippen molar-refractivity contribution in [1.29, 1.82) is 0 Å². The predicted octanol–water partition coefficient (Wildman–Crippen LogP) is 2.41. The lowest BCUT2D eigenvalue weighted by Gasteiger charge is -2.05. The third-order valence-corrected chi connectivity index (χ3v) is 4.15. The summed E-state index contributed by atoms with van der Waals surface area (Å²) in [5.41, 5.74) is 0.795. The highest BCUT2D eigenvalue weighted by molar-refractivity contribution is 7.13. The maximum atomic E-state index is 12.8. The van der Waals surface area contributed by atoms with E-state index in [0.29, 0.717) is 6.54 Å². The molecule has 6 nitrogen and oxygen atoms in total. The summed E-state index contributed by atoms with van der Waals surface area (Å²) >= 11 is 1.41. The number of thiophene rings is 1. The van der Waals surface area contributed by atoms with Crippen molar-refractivity contribution in [3.63, 3.8) is 0 Å². The lowest BCUT2D eigenvalue weighted by molar-refractivity contribution is -0.121. The van der Waals surface area contributed by atoms with E-state index in [4.69, 9.17) is 4.42 Å². The van der Waals surface area contributed by atoms with E-state index in [-0.39, 0.29) is 30.6 Å². The van der Waals surface area contributed by atoms with Crippen LogP contribution in [0.15, 0.2) is 51.0 Å². The van der Waals surface area contributed by atoms with Gasteiger partial charge in [-0.15, -0.1) is 16.4 Å². The number of rotatable bonds is 6. The number of nitrogens with one attached hydrogen (secondary N) is 1. The van der Waals surface area contributed by atoms with Crippen molar-refractivity contribution in [3.8, 4) is 10.8 Å². The third kappa shape index (κ3) is 3.96. The van der Waals surface area contributed by atoms with E-state index in [1.807, 2.05) is 11.4 Å². The van der Waals surface area contributed by atoms with Gasteiger partial charge in [-0.3, -0.25) is 4.79 Å². The van der Waals surface area contributed by atoms with Crippen LogP contribution in [0.2, 0.25) is 0 Å². The molecule has 0 atom stereocenters. The Hall–Kier alpha value is -2.74. The zero-order chi connectivity index (χ0) is 16.9. The molecule has 0 aliphatic rings. The summed E-state index contributed by atoms with van der Waals surface area (Å²) in [6, 6.07) is 9.51. The molecule has 2 aromatic heterocycles. The van der Waals surface area contributed by atoms with Crippen molar-refractivity contribution >= 4 is 17.2 Å². The Labute approximate surface area is 140 Å². The lowest BCUT2D eigenvalue weighted by Crippen LogP contribution is -2.26. The summed E-state index contributed by atoms with van der Waals surface area (Å²) in [7, 11) is 0. The monoisotopic (exact) mass is 347 g/mol. The quantitative estimate of drug-likeness (QED) is 0.743. The van der Waals surface area contributed by atoms with Crippen molar-refractivity contribution in [1.82, 2.24) is 15.1 Å². The van der Waals surface area contributed by atoms with Gasteiger partial charge in [-0.1, -0.05) is 18.2 Å². The van der Waals surface area contributed by atoms with Crippen molar-refractivity contribution < 1.29 is 13.6 Å². The van der Waals surface area contributed by atoms with Gasteiger partial charge in [0.2, 0.25) is 5.91 Å². The van der Waals surface area contributed by atoms with Gasteiger partial charge in [0.05, 0.1) is 11.4 Å². The topological polar surface area (TPSA) is 77.1 Å². The Morgan fingerprint density at radius 3 is 2.79 bits per heavy atom. The molecule has 3 rings (SSSR count). The van der Waals surface area contributed by atoms with E-state index in [1.54, 1.807) is 18.2 Å². The molecule has 24 heavy (non-hydrogen) atoms. The molecule has 0 bridgehead atoms. The van der Waals surface area contributed by atoms with E-state index in [1.165, 1.54) is 23.5 Å². The van der Waals surface area contributed by atoms with Crippen molar-refractivity contribution in [2.45, 2.75) is 19.5 Å². The minimum Gasteiger partial charge on any atom is -0.387 e. The minimum atomic E-state index is -0.593. The van der Waals surface area contributed by atoms with Gasteiger partial charge in [-0.2, -0.15) is 4.68 Å². The van der Waals surface area contributed by atoms with Gasteiger partial charge < -0.3 is 9.73 Å². The van der Waals surface area contributed by atoms with Crippen molar-refractivity contribution in [2.75, 3.05) is 0 Å². The number of nitrogens with zero attached hydrogens (tertiary/aromatic N) is 2. The van der Waals surface area contributed by atoms with Gasteiger partial charge in [-0.25, -0.2) is 9.18 Å². The number of carbonyl (C=O) groups is 1. The number of aryl methyl sites for hydroxylation is 1. The van der Waals surface area contributed by atoms with Crippen molar-refractivity contribution in [2.24, 2.45) is 0 Å². The molecule has 0 fully saturated rings. The first kappa shape index (κ1) is 16.1. The molecule has 1 amide bonds. The first-order chi connectivity index (χ1) is 11.6. The summed E-state index contributed by atoms with van der Waals surface area (Å²) in [4.78, 5) is 24.3. The Morgan fingerprint density at radius 2 is 2.08 bits per heavy atom. The van der Waals surface area contributed by atoms with Crippen LogP contribution < -0.4 is 11.1 Å². The van der Waals surface area contributed by atoms with Crippen LogP contribution in [-0.4, -0.2) is 15.7 Å². The number of hydrogen-bond acceptors (Lipinski definition) is 5. The van der Waals surface area contributed by atoms with E-state index in [9.17, 15) is 14.0 Å². The van der Waals surface area contributed by atoms with Crippen LogP contribution in [0.4, 0.5) is 4.39 Å². The molecule has 2 heterocycles. The summed E-state index contributed by atoms with van der Waals surface area (Å²) in [5, 5.41) is 8.65. The predicted molar refractivity (Wildman–Crippen MR) is 86.9 cm³/mol. The molecule has 0 aliphatic carbocycles. The van der Waals surface area contributed by atoms with E-state index in [0.717, 1.165) is 15.1 Å². The molecular formula is C16H14FN3O3S. The number of carbonyl (C=O) groups excluding carboxylic acids is 1. The summed E-state index contributed by atoms with van der Waals surface area (Å²) in [5.74, 6) is -0.893. The molecule has 0 aliphatic heterocycles. The second kappa shape index (κ2) is 7.22. The standard InChI is InChI=1S/C16H14FN3O3S/c17-12-5-3-11(4-6-12)10-18-14(21)7-8-20-16(22)23-15(19-20)13-2-1-9-24-13/h1-6,9H,7-8,10H2,(H,18,21). The fourth-order valence-electron chi connectivity index (χ4n) is 2.05. The second-order valence-corrected chi connectivity index (χ2v) is 5.97. The number of hydrogen-bond donors (Lipinski definition) is 1. The van der Waals surface area contributed by atoms with Crippen LogP contribution in [0, 0.1) is 5.82 Å². The largest absolute Gasteiger partial charge is 0.437 e. The molecule has 0 radical (unpaired) electrons. The molecule has 0 unspecified atom stereocenters. The summed E-state index contributed by atoms with van der Waals surface area (Å²) < 4.78 is 19.0. The average Bonchev–Trinajstić information content (AvgIpc) is 3.22. The van der Waals surface area contributed by atoms with Crippen LogP contribution in [0.25, 0.3) is 10.8 Å². The van der Waals surface area contributed by atoms with Crippen LogP contribution in [0.3, 0.4) is 0 Å². The van der Waals surface area contributed by atoms with Gasteiger partial charge in [-0.05, 0) is 29.1 Å². The van der Waals surface area contributed by atoms with Gasteiger partial charge in [0.15, 0.2) is 0 Å². The minimum absolute atomic E-state index is 0.0948. The summed E-state index contributed by atoms with van der Waals surface area (Å²) in [6.45, 7) is 0.427. The van der Waals surface area contributed by atoms with Gasteiger partial charge in [0.25, 0.3) is 5.89 Å². The first-order valence-corrected chi connectivity index (χ1v) is 8.13. The smallest absolute Gasteiger partial charge is 0.387 e. The highest BCUT2D eigenvalue weighted by atomic mass is 32.1. The molecule has 124 valence electrons. The van der Waals surface area contributed by atoms with Crippen LogP contribution in [0.1, 0.15) is 12.0 Å². The first-order valence-electron chi connectivity index (χ1n) is 7.25. The van der Waals surface area contributed by atoms with Crippen LogP contribution in [0.5, 0.6) is 0 Å². The highest BCUT2D eigenvalue weighted by Crippen LogP contribution is 2.20. The van der Waals surface area contributed by atoms with Crippen LogP contribution >= 0.6 is 11.3 Å². The number of benzene rings is 1. The zero-order valence-electron chi connectivity index (χ0n) is 12.6. The second-order valence-electron chi connectivity index (χ2n) is 5.03. The van der Waals surface area contributed by atoms with E-state index in [2.05, 4.69) is 10.4 Å². The van der Waals surface area contributed by atoms with Gasteiger partial charge in [0, 0.05) is 13.0 Å². The Kier molecular flexibility index (Phi) is 4.85. The average molecular weight is 347 g/mol. The highest BCUT2D eigenvalue weighted by Gasteiger charge is 2.12. The Balaban J connectivity index is 1.53. The molecule has 8 heteroatoms. The van der Waals surface area contributed by atoms with E-state index >= 15 is 0 Å². The molecule has 0 saturated heterocycles. The summed E-state index contributed by atoms with van der Waals surface area (Å²) in [6.07, 6.45) is 0.0948. The fourth-order valence-corrected chi connectivity index (χ4v) is 2.69. The zero-order valence-corrected chi connectivity index (χ0v) is 13.4. The Morgan fingerprint density at radius 1 is 1.29 bits per heavy atom. The SMILES string of the molecule is O=C(CCn1nc(-c2cccs2)oc1=O)NCc1ccc(F)cc1. The molecular weight excluding hydrogens is 333 g/mol.